The predicted octanol–water partition coefficient (Wildman–Crippen LogP) is 2.77. The van der Waals surface area contributed by atoms with Gasteiger partial charge in [0.2, 0.25) is 5.88 Å². The van der Waals surface area contributed by atoms with Crippen molar-refractivity contribution in [3.8, 4) is 5.88 Å². The molecule has 2 bridgehead atoms. The molecule has 3 heterocycles. The van der Waals surface area contributed by atoms with Crippen LogP contribution < -0.4 is 10.1 Å². The van der Waals surface area contributed by atoms with E-state index in [4.69, 9.17) is 9.47 Å². The molecule has 3 fully saturated rings. The van der Waals surface area contributed by atoms with E-state index in [0.29, 0.717) is 17.0 Å². The third-order valence-electron chi connectivity index (χ3n) is 5.07. The average Bonchev–Trinajstić information content (AvgIpc) is 2.55. The first-order valence-electron chi connectivity index (χ1n) is 7.74. The molecule has 132 valence electrons. The molecule has 2 saturated heterocycles. The molecule has 1 aliphatic carbocycles. The van der Waals surface area contributed by atoms with Crippen molar-refractivity contribution in [3.63, 3.8) is 0 Å². The van der Waals surface area contributed by atoms with Gasteiger partial charge in [-0.3, -0.25) is 4.79 Å². The maximum absolute atomic E-state index is 13.2. The minimum atomic E-state index is -4.38. The van der Waals surface area contributed by atoms with Crippen LogP contribution in [-0.4, -0.2) is 41.9 Å². The molecule has 0 unspecified atom stereocenters. The van der Waals surface area contributed by atoms with Gasteiger partial charge in [-0.15, -0.1) is 0 Å². The minimum Gasteiger partial charge on any atom is -0.481 e. The second kappa shape index (κ2) is 5.61. The number of ether oxygens (including phenoxy) is 2. The normalized spacial score (nSPS) is 29.4. The summed E-state index contributed by atoms with van der Waals surface area (Å²) < 4.78 is 49.7. The van der Waals surface area contributed by atoms with Gasteiger partial charge in [-0.05, 0) is 38.2 Å². The Balaban J connectivity index is 1.75. The van der Waals surface area contributed by atoms with Gasteiger partial charge in [0.15, 0.2) is 5.60 Å². The Kier molecular flexibility index (Phi) is 3.98. The summed E-state index contributed by atoms with van der Waals surface area (Å²) in [6.07, 6.45) is -2.61. The van der Waals surface area contributed by atoms with Crippen LogP contribution in [0.4, 0.5) is 13.2 Å². The van der Waals surface area contributed by atoms with Crippen LogP contribution in [0.3, 0.4) is 0 Å². The number of amides is 1. The molecule has 1 N–H and O–H groups in total. The fraction of sp³-hybridized carbons (Fsp3) is 0.625. The lowest BCUT2D eigenvalue weighted by Crippen LogP contribution is -2.66. The minimum absolute atomic E-state index is 0.125. The maximum atomic E-state index is 13.2. The van der Waals surface area contributed by atoms with E-state index in [2.05, 4.69) is 10.3 Å². The quantitative estimate of drug-likeness (QED) is 0.916. The van der Waals surface area contributed by atoms with Crippen LogP contribution in [-0.2, 0) is 4.74 Å². The van der Waals surface area contributed by atoms with E-state index in [1.54, 1.807) is 6.92 Å². The van der Waals surface area contributed by atoms with Crippen molar-refractivity contribution in [1.29, 1.82) is 0 Å². The second-order valence-electron chi connectivity index (χ2n) is 6.56. The number of hydrogen-bond acceptors (Lipinski definition) is 4. The van der Waals surface area contributed by atoms with E-state index >= 15 is 0 Å². The second-order valence-corrected chi connectivity index (χ2v) is 6.56. The van der Waals surface area contributed by atoms with Crippen LogP contribution in [0.15, 0.2) is 12.3 Å². The van der Waals surface area contributed by atoms with Gasteiger partial charge < -0.3 is 14.8 Å². The standard InChI is InChI=1S/C16H19F3N2O3/c1-10-8-20-12(23-2)7-11(10)13(22)21-14-3-5-15(6-4-14,24-9-14)16(17,18)19/h7-8H,3-6,9H2,1-2H3,(H,21,22). The molecule has 1 aromatic heterocycles. The van der Waals surface area contributed by atoms with Crippen LogP contribution in [0.1, 0.15) is 41.6 Å². The fourth-order valence-corrected chi connectivity index (χ4v) is 3.39. The van der Waals surface area contributed by atoms with Crippen molar-refractivity contribution in [2.45, 2.75) is 49.9 Å². The van der Waals surface area contributed by atoms with E-state index in [1.807, 2.05) is 0 Å². The molecular formula is C16H19F3N2O3. The zero-order valence-electron chi connectivity index (χ0n) is 13.5. The van der Waals surface area contributed by atoms with Gasteiger partial charge >= 0.3 is 6.18 Å². The number of nitrogens with zero attached hydrogens (tertiary/aromatic N) is 1. The number of rotatable bonds is 3. The summed E-state index contributed by atoms with van der Waals surface area (Å²) in [5.41, 5.74) is -1.72. The summed E-state index contributed by atoms with van der Waals surface area (Å²) in [6, 6.07) is 1.52. The zero-order valence-corrected chi connectivity index (χ0v) is 13.5. The molecule has 1 saturated carbocycles. The van der Waals surface area contributed by atoms with E-state index in [0.717, 1.165) is 0 Å². The summed E-state index contributed by atoms with van der Waals surface area (Å²) in [5.74, 6) is -0.0407. The Morgan fingerprint density at radius 3 is 2.50 bits per heavy atom. The topological polar surface area (TPSA) is 60.5 Å². The van der Waals surface area contributed by atoms with E-state index in [-0.39, 0.29) is 38.2 Å². The number of halogens is 3. The molecule has 0 spiro atoms. The molecule has 0 radical (unpaired) electrons. The summed E-state index contributed by atoms with van der Waals surface area (Å²) in [7, 11) is 1.45. The maximum Gasteiger partial charge on any atom is 0.417 e. The number of carbonyl (C=O) groups is 1. The largest absolute Gasteiger partial charge is 0.481 e. The van der Waals surface area contributed by atoms with E-state index < -0.39 is 17.3 Å². The first-order valence-corrected chi connectivity index (χ1v) is 7.74. The Hall–Kier alpha value is -1.83. The third-order valence-corrected chi connectivity index (χ3v) is 5.07. The zero-order chi connectivity index (χ0) is 17.6. The highest BCUT2D eigenvalue weighted by molar-refractivity contribution is 5.96. The Labute approximate surface area is 137 Å². The Bertz CT molecular complexity index is 636. The molecule has 1 amide bonds. The highest BCUT2D eigenvalue weighted by Crippen LogP contribution is 2.51. The predicted molar refractivity (Wildman–Crippen MR) is 78.9 cm³/mol. The van der Waals surface area contributed by atoms with Crippen molar-refractivity contribution in [2.75, 3.05) is 13.7 Å². The molecule has 0 atom stereocenters. The highest BCUT2D eigenvalue weighted by Gasteiger charge is 2.63. The van der Waals surface area contributed by atoms with Gasteiger partial charge in [-0.2, -0.15) is 13.2 Å². The molecule has 4 rings (SSSR count). The summed E-state index contributed by atoms with van der Waals surface area (Å²) in [5, 5.41) is 2.88. The van der Waals surface area contributed by atoms with Crippen LogP contribution in [0.25, 0.3) is 0 Å². The number of carbonyl (C=O) groups excluding carboxylic acids is 1. The van der Waals surface area contributed by atoms with Crippen LogP contribution in [0, 0.1) is 6.92 Å². The molecule has 1 aromatic rings. The molecule has 24 heavy (non-hydrogen) atoms. The Morgan fingerprint density at radius 2 is 2.00 bits per heavy atom. The SMILES string of the molecule is COc1cc(C(=O)NC23CCC(C(F)(F)F)(CC2)OC3)c(C)cn1. The van der Waals surface area contributed by atoms with Gasteiger partial charge in [0.05, 0.1) is 19.3 Å². The van der Waals surface area contributed by atoms with Crippen LogP contribution in [0.2, 0.25) is 0 Å². The molecule has 2 aliphatic heterocycles. The van der Waals surface area contributed by atoms with Crippen LogP contribution in [0.5, 0.6) is 5.88 Å². The van der Waals surface area contributed by atoms with Crippen molar-refractivity contribution in [1.82, 2.24) is 10.3 Å². The van der Waals surface area contributed by atoms with Crippen molar-refractivity contribution in [2.24, 2.45) is 0 Å². The summed E-state index contributed by atoms with van der Waals surface area (Å²) in [4.78, 5) is 16.6. The lowest BCUT2D eigenvalue weighted by molar-refractivity contribution is -0.317. The summed E-state index contributed by atoms with van der Waals surface area (Å²) >= 11 is 0. The monoisotopic (exact) mass is 344 g/mol. The van der Waals surface area contributed by atoms with Gasteiger partial charge in [-0.1, -0.05) is 0 Å². The molecule has 3 aliphatic rings. The molecule has 5 nitrogen and oxygen atoms in total. The van der Waals surface area contributed by atoms with Gasteiger partial charge in [0.25, 0.3) is 5.91 Å². The lowest BCUT2D eigenvalue weighted by Gasteiger charge is -2.53. The molecule has 8 heteroatoms. The number of methoxy groups -OCH3 is 1. The number of nitrogens with one attached hydrogen (secondary N) is 1. The molecular weight excluding hydrogens is 325 g/mol. The van der Waals surface area contributed by atoms with Crippen molar-refractivity contribution >= 4 is 5.91 Å². The van der Waals surface area contributed by atoms with Crippen molar-refractivity contribution < 1.29 is 27.4 Å². The highest BCUT2D eigenvalue weighted by atomic mass is 19.4. The first kappa shape index (κ1) is 17.0. The number of aromatic nitrogens is 1. The number of fused-ring (bicyclic) bond motifs is 3. The first-order chi connectivity index (χ1) is 11.2. The van der Waals surface area contributed by atoms with E-state index in [9.17, 15) is 18.0 Å². The lowest BCUT2D eigenvalue weighted by atomic mass is 9.70. The van der Waals surface area contributed by atoms with Gasteiger partial charge in [0, 0.05) is 17.8 Å². The third kappa shape index (κ3) is 2.72. The Morgan fingerprint density at radius 1 is 1.33 bits per heavy atom. The number of aryl methyl sites for hydroxylation is 1. The number of hydrogen-bond donors (Lipinski definition) is 1. The van der Waals surface area contributed by atoms with Crippen molar-refractivity contribution in [3.05, 3.63) is 23.4 Å². The molecule has 0 aromatic carbocycles. The smallest absolute Gasteiger partial charge is 0.417 e. The number of pyridine rings is 1. The average molecular weight is 344 g/mol. The van der Waals surface area contributed by atoms with E-state index in [1.165, 1.54) is 19.4 Å². The number of alkyl halides is 3. The van der Waals surface area contributed by atoms with Gasteiger partial charge in [0.1, 0.15) is 0 Å². The fourth-order valence-electron chi connectivity index (χ4n) is 3.39. The van der Waals surface area contributed by atoms with Crippen LogP contribution >= 0.6 is 0 Å². The summed E-state index contributed by atoms with van der Waals surface area (Å²) in [6.45, 7) is 1.62. The van der Waals surface area contributed by atoms with Gasteiger partial charge in [-0.25, -0.2) is 4.98 Å².